The van der Waals surface area contributed by atoms with Crippen LogP contribution in [0.25, 0.3) is 0 Å². The Labute approximate surface area is 169 Å². The summed E-state index contributed by atoms with van der Waals surface area (Å²) in [5.74, 6) is -2.71. The molecule has 3 atom stereocenters. The maximum Gasteiger partial charge on any atom is 0.437 e. The molecule has 1 fully saturated rings. The van der Waals surface area contributed by atoms with Crippen molar-refractivity contribution in [3.63, 3.8) is 0 Å². The van der Waals surface area contributed by atoms with Gasteiger partial charge in [-0.05, 0) is 12.1 Å². The summed E-state index contributed by atoms with van der Waals surface area (Å²) in [6.45, 7) is 0. The number of urea groups is 1. The van der Waals surface area contributed by atoms with Gasteiger partial charge >= 0.3 is 12.2 Å². The molecule has 10 heteroatoms. The summed E-state index contributed by atoms with van der Waals surface area (Å²) in [6, 6.07) is 8.62. The second-order valence-electron chi connectivity index (χ2n) is 6.66. The van der Waals surface area contributed by atoms with Gasteiger partial charge in [0.15, 0.2) is 5.78 Å². The van der Waals surface area contributed by atoms with Crippen LogP contribution >= 0.6 is 0 Å². The van der Waals surface area contributed by atoms with Crippen LogP contribution in [-0.4, -0.2) is 43.0 Å². The van der Waals surface area contributed by atoms with Gasteiger partial charge < -0.3 is 25.2 Å². The van der Waals surface area contributed by atoms with Crippen LogP contribution in [0.1, 0.15) is 22.0 Å². The Morgan fingerprint density at radius 3 is 2.33 bits per heavy atom. The van der Waals surface area contributed by atoms with Crippen LogP contribution in [0, 0.1) is 5.92 Å². The molecule has 1 aliphatic rings. The maximum atomic E-state index is 13.9. The highest BCUT2D eigenvalue weighted by atomic mass is 19.4. The minimum absolute atomic E-state index is 0.0550. The average molecular weight is 424 g/mol. The third kappa shape index (κ3) is 3.65. The van der Waals surface area contributed by atoms with Gasteiger partial charge in [0.25, 0.3) is 0 Å². The lowest BCUT2D eigenvalue weighted by Crippen LogP contribution is -2.72. The summed E-state index contributed by atoms with van der Waals surface area (Å²) < 4.78 is 52.1. The highest BCUT2D eigenvalue weighted by Gasteiger charge is 2.66. The highest BCUT2D eigenvalue weighted by Crippen LogP contribution is 2.46. The molecule has 2 aromatic carbocycles. The number of benzene rings is 2. The zero-order valence-electron chi connectivity index (χ0n) is 16.0. The number of halogens is 3. The van der Waals surface area contributed by atoms with E-state index in [1.807, 2.05) is 0 Å². The second-order valence-corrected chi connectivity index (χ2v) is 6.66. The quantitative estimate of drug-likeness (QED) is 0.642. The van der Waals surface area contributed by atoms with Crippen LogP contribution in [0.2, 0.25) is 0 Å². The Hall–Kier alpha value is -3.27. The van der Waals surface area contributed by atoms with Crippen molar-refractivity contribution in [1.29, 1.82) is 0 Å². The number of nitrogens with one attached hydrogen (secondary N) is 2. The second kappa shape index (κ2) is 7.86. The average Bonchev–Trinajstić information content (AvgIpc) is 2.72. The van der Waals surface area contributed by atoms with E-state index in [1.165, 1.54) is 62.0 Å². The maximum absolute atomic E-state index is 13.9. The number of methoxy groups -OCH3 is 2. The molecule has 0 aliphatic carbocycles. The molecular formula is C20H19F3N2O5. The van der Waals surface area contributed by atoms with Crippen LogP contribution in [0.5, 0.6) is 11.5 Å². The van der Waals surface area contributed by atoms with Gasteiger partial charge in [-0.25, -0.2) is 4.79 Å². The SMILES string of the molecule is COc1ccc([C@@H]2NC(=O)N[C@](O)(C(F)(F)F)[C@@H]2C(=O)c2ccccc2)c(OC)c1. The Morgan fingerprint density at radius 2 is 1.77 bits per heavy atom. The molecule has 1 heterocycles. The van der Waals surface area contributed by atoms with Crippen LogP contribution < -0.4 is 20.1 Å². The number of carbonyl (C=O) groups is 2. The van der Waals surface area contributed by atoms with E-state index in [2.05, 4.69) is 5.32 Å². The van der Waals surface area contributed by atoms with Gasteiger partial charge in [-0.15, -0.1) is 0 Å². The lowest BCUT2D eigenvalue weighted by Gasteiger charge is -2.45. The van der Waals surface area contributed by atoms with Crippen molar-refractivity contribution in [2.45, 2.75) is 17.9 Å². The zero-order valence-corrected chi connectivity index (χ0v) is 16.0. The number of aliphatic hydroxyl groups is 1. The molecule has 1 aliphatic heterocycles. The Morgan fingerprint density at radius 1 is 1.10 bits per heavy atom. The first-order valence-corrected chi connectivity index (χ1v) is 8.81. The molecule has 30 heavy (non-hydrogen) atoms. The molecule has 0 spiro atoms. The highest BCUT2D eigenvalue weighted by molar-refractivity contribution is 6.00. The fourth-order valence-corrected chi connectivity index (χ4v) is 3.46. The Kier molecular flexibility index (Phi) is 5.62. The van der Waals surface area contributed by atoms with Gasteiger partial charge in [0.2, 0.25) is 5.72 Å². The lowest BCUT2D eigenvalue weighted by molar-refractivity contribution is -0.287. The van der Waals surface area contributed by atoms with Crippen LogP contribution in [0.15, 0.2) is 48.5 Å². The summed E-state index contributed by atoms with van der Waals surface area (Å²) in [4.78, 5) is 25.2. The first kappa shape index (κ1) is 21.4. The van der Waals surface area contributed by atoms with Crippen molar-refractivity contribution in [2.24, 2.45) is 5.92 Å². The number of alkyl halides is 3. The minimum atomic E-state index is -5.34. The Bertz CT molecular complexity index is 951. The summed E-state index contributed by atoms with van der Waals surface area (Å²) in [7, 11) is 2.68. The van der Waals surface area contributed by atoms with Crippen molar-refractivity contribution in [3.05, 3.63) is 59.7 Å². The largest absolute Gasteiger partial charge is 0.497 e. The van der Waals surface area contributed by atoms with E-state index in [0.717, 1.165) is 0 Å². The number of carbonyl (C=O) groups excluding carboxylic acids is 2. The van der Waals surface area contributed by atoms with Gasteiger partial charge in [0.05, 0.1) is 20.3 Å². The zero-order chi connectivity index (χ0) is 22.1. The van der Waals surface area contributed by atoms with Crippen molar-refractivity contribution in [3.8, 4) is 11.5 Å². The molecule has 7 nitrogen and oxygen atoms in total. The summed E-state index contributed by atoms with van der Waals surface area (Å²) in [5.41, 5.74) is -3.79. The van der Waals surface area contributed by atoms with Crippen LogP contribution in [-0.2, 0) is 0 Å². The van der Waals surface area contributed by atoms with E-state index in [-0.39, 0.29) is 16.9 Å². The molecule has 0 bridgehead atoms. The molecule has 1 saturated heterocycles. The molecule has 0 radical (unpaired) electrons. The van der Waals surface area contributed by atoms with Gasteiger partial charge in [-0.2, -0.15) is 13.2 Å². The van der Waals surface area contributed by atoms with E-state index in [9.17, 15) is 27.9 Å². The van der Waals surface area contributed by atoms with Crippen molar-refractivity contribution in [1.82, 2.24) is 10.6 Å². The van der Waals surface area contributed by atoms with E-state index in [1.54, 1.807) is 6.07 Å². The monoisotopic (exact) mass is 424 g/mol. The smallest absolute Gasteiger partial charge is 0.437 e. The van der Waals surface area contributed by atoms with Gasteiger partial charge in [-0.3, -0.25) is 4.79 Å². The van der Waals surface area contributed by atoms with E-state index >= 15 is 0 Å². The van der Waals surface area contributed by atoms with Gasteiger partial charge in [0, 0.05) is 17.2 Å². The van der Waals surface area contributed by atoms with Crippen LogP contribution in [0.3, 0.4) is 0 Å². The lowest BCUT2D eigenvalue weighted by atomic mass is 9.77. The third-order valence-electron chi connectivity index (χ3n) is 4.92. The predicted octanol–water partition coefficient (Wildman–Crippen LogP) is 2.81. The molecule has 2 aromatic rings. The Balaban J connectivity index is 2.21. The number of Topliss-reactive ketones (excluding diaryl/α,β-unsaturated/α-hetero) is 1. The number of ether oxygens (including phenoxy) is 2. The molecule has 3 N–H and O–H groups in total. The molecule has 160 valence electrons. The topological polar surface area (TPSA) is 96.9 Å². The van der Waals surface area contributed by atoms with Crippen molar-refractivity contribution in [2.75, 3.05) is 14.2 Å². The van der Waals surface area contributed by atoms with Gasteiger partial charge in [0.1, 0.15) is 17.4 Å². The van der Waals surface area contributed by atoms with Gasteiger partial charge in [-0.1, -0.05) is 30.3 Å². The van der Waals surface area contributed by atoms with E-state index < -0.39 is 35.7 Å². The predicted molar refractivity (Wildman–Crippen MR) is 99.2 cm³/mol. The fraction of sp³-hybridized carbons (Fsp3) is 0.300. The third-order valence-corrected chi connectivity index (χ3v) is 4.92. The molecule has 2 amide bonds. The minimum Gasteiger partial charge on any atom is -0.497 e. The molecule has 0 saturated carbocycles. The summed E-state index contributed by atoms with van der Waals surface area (Å²) in [5, 5.41) is 14.4. The fourth-order valence-electron chi connectivity index (χ4n) is 3.46. The first-order valence-electron chi connectivity index (χ1n) is 8.81. The standard InChI is InChI=1S/C20H19F3N2O5/c1-29-12-8-9-13(14(10-12)30-2)16-15(17(26)11-6-4-3-5-7-11)19(28,20(21,22)23)25-18(27)24-16/h3-10,15-16,28H,1-2H3,(H2,24,25,27)/t15-,16-,19+/m0/s1. The summed E-state index contributed by atoms with van der Waals surface area (Å²) in [6.07, 6.45) is -5.34. The first-order chi connectivity index (χ1) is 14.1. The number of hydrogen-bond acceptors (Lipinski definition) is 5. The molecule has 3 rings (SSSR count). The summed E-state index contributed by atoms with van der Waals surface area (Å²) >= 11 is 0. The normalized spacial score (nSPS) is 23.9. The number of rotatable bonds is 5. The molecule has 0 unspecified atom stereocenters. The van der Waals surface area contributed by atoms with Crippen molar-refractivity contribution >= 4 is 11.8 Å². The van der Waals surface area contributed by atoms with Crippen LogP contribution in [0.4, 0.5) is 18.0 Å². The molecule has 0 aromatic heterocycles. The number of ketones is 1. The van der Waals surface area contributed by atoms with E-state index in [0.29, 0.717) is 5.75 Å². The molecular weight excluding hydrogens is 405 g/mol. The van der Waals surface area contributed by atoms with Crippen molar-refractivity contribution < 1.29 is 37.3 Å². The number of amides is 2. The number of hydrogen-bond donors (Lipinski definition) is 3. The van der Waals surface area contributed by atoms with E-state index in [4.69, 9.17) is 9.47 Å².